The first-order valence-corrected chi connectivity index (χ1v) is 8.78. The molecule has 0 heterocycles. The minimum absolute atomic E-state index is 0.0252. The number of anilines is 1. The number of halogens is 1. The molecule has 0 aliphatic rings. The van der Waals surface area contributed by atoms with Crippen LogP contribution >= 0.6 is 0 Å². The predicted molar refractivity (Wildman–Crippen MR) is 105 cm³/mol. The van der Waals surface area contributed by atoms with Gasteiger partial charge in [0.15, 0.2) is 0 Å². The number of amides is 1. The second kappa shape index (κ2) is 8.00. The Balaban J connectivity index is 1.58. The number of carbonyl (C=O) groups is 1. The van der Waals surface area contributed by atoms with Gasteiger partial charge in [0.1, 0.15) is 11.9 Å². The Morgan fingerprint density at radius 3 is 2.46 bits per heavy atom. The number of benzene rings is 3. The van der Waals surface area contributed by atoms with Crippen molar-refractivity contribution in [1.29, 1.82) is 0 Å². The molecule has 0 unspecified atom stereocenters. The summed E-state index contributed by atoms with van der Waals surface area (Å²) in [6.45, 7) is 2.42. The van der Waals surface area contributed by atoms with Crippen LogP contribution in [0.3, 0.4) is 0 Å². The van der Waals surface area contributed by atoms with Crippen LogP contribution in [-0.4, -0.2) is 25.5 Å². The second-order valence-electron chi connectivity index (χ2n) is 6.49. The molecule has 0 saturated heterocycles. The lowest BCUT2D eigenvalue weighted by Gasteiger charge is -2.26. The highest BCUT2D eigenvalue weighted by Crippen LogP contribution is 2.22. The monoisotopic (exact) mass is 350 g/mol. The molecule has 26 heavy (non-hydrogen) atoms. The zero-order chi connectivity index (χ0) is 18.5. The number of rotatable bonds is 6. The van der Waals surface area contributed by atoms with Crippen molar-refractivity contribution in [2.75, 3.05) is 18.5 Å². The van der Waals surface area contributed by atoms with Crippen LogP contribution in [0.4, 0.5) is 10.1 Å². The number of likely N-dealkylation sites (N-methyl/N-ethyl adjacent to an activating group) is 1. The van der Waals surface area contributed by atoms with Gasteiger partial charge in [0.25, 0.3) is 0 Å². The van der Waals surface area contributed by atoms with E-state index in [0.29, 0.717) is 13.0 Å². The minimum atomic E-state index is -0.288. The van der Waals surface area contributed by atoms with Crippen molar-refractivity contribution in [2.45, 2.75) is 19.4 Å². The third kappa shape index (κ3) is 4.20. The van der Waals surface area contributed by atoms with E-state index in [2.05, 4.69) is 29.6 Å². The highest BCUT2D eigenvalue weighted by Gasteiger charge is 2.18. The first-order chi connectivity index (χ1) is 12.5. The number of hydrogen-bond acceptors (Lipinski definition) is 2. The van der Waals surface area contributed by atoms with Crippen LogP contribution in [0.1, 0.15) is 12.5 Å². The van der Waals surface area contributed by atoms with Gasteiger partial charge in [0.05, 0.1) is 0 Å². The highest BCUT2D eigenvalue weighted by molar-refractivity contribution is 5.88. The van der Waals surface area contributed by atoms with Crippen LogP contribution in [0.25, 0.3) is 10.8 Å². The van der Waals surface area contributed by atoms with Gasteiger partial charge in [-0.2, -0.15) is 0 Å². The molecule has 0 radical (unpaired) electrons. The summed E-state index contributed by atoms with van der Waals surface area (Å²) in [6.07, 6.45) is 0.679. The van der Waals surface area contributed by atoms with Crippen molar-refractivity contribution in [1.82, 2.24) is 5.32 Å². The Morgan fingerprint density at radius 2 is 1.73 bits per heavy atom. The second-order valence-corrected chi connectivity index (χ2v) is 6.49. The molecule has 4 heteroatoms. The summed E-state index contributed by atoms with van der Waals surface area (Å²) in [5, 5.41) is 5.29. The van der Waals surface area contributed by atoms with Gasteiger partial charge in [-0.25, -0.2) is 4.39 Å². The molecule has 134 valence electrons. The molecule has 3 nitrogen and oxygen atoms in total. The molecule has 1 atom stereocenters. The molecule has 0 aromatic heterocycles. The molecule has 3 rings (SSSR count). The zero-order valence-corrected chi connectivity index (χ0v) is 15.1. The van der Waals surface area contributed by atoms with Gasteiger partial charge >= 0.3 is 0 Å². The van der Waals surface area contributed by atoms with E-state index in [1.165, 1.54) is 17.5 Å². The van der Waals surface area contributed by atoms with Crippen molar-refractivity contribution < 1.29 is 9.18 Å². The van der Waals surface area contributed by atoms with E-state index in [-0.39, 0.29) is 17.8 Å². The lowest BCUT2D eigenvalue weighted by molar-refractivity contribution is -0.121. The molecule has 3 aromatic rings. The standard InChI is InChI=1S/C22H23FN2O/c1-16(22(26)24-14-13-17-7-10-20(23)11-8-17)25(2)21-12-9-18-5-3-4-6-19(18)15-21/h3-12,15-16H,13-14H2,1-2H3,(H,24,26)/t16-/m1/s1. The van der Waals surface area contributed by atoms with Crippen molar-refractivity contribution in [3.63, 3.8) is 0 Å². The molecule has 1 N–H and O–H groups in total. The molecule has 0 spiro atoms. The fourth-order valence-electron chi connectivity index (χ4n) is 2.92. The fourth-order valence-corrected chi connectivity index (χ4v) is 2.92. The maximum Gasteiger partial charge on any atom is 0.242 e. The minimum Gasteiger partial charge on any atom is -0.363 e. The number of nitrogens with one attached hydrogen (secondary N) is 1. The first kappa shape index (κ1) is 17.9. The molecule has 0 fully saturated rings. The van der Waals surface area contributed by atoms with E-state index in [4.69, 9.17) is 0 Å². The smallest absolute Gasteiger partial charge is 0.242 e. The van der Waals surface area contributed by atoms with Gasteiger partial charge in [-0.3, -0.25) is 4.79 Å². The Kier molecular flexibility index (Phi) is 5.52. The fraction of sp³-hybridized carbons (Fsp3) is 0.227. The molecule has 0 bridgehead atoms. The van der Waals surface area contributed by atoms with Crippen LogP contribution in [-0.2, 0) is 11.2 Å². The summed E-state index contributed by atoms with van der Waals surface area (Å²) in [5.74, 6) is -0.272. The summed E-state index contributed by atoms with van der Waals surface area (Å²) in [4.78, 5) is 14.4. The third-order valence-corrected chi connectivity index (χ3v) is 4.73. The zero-order valence-electron chi connectivity index (χ0n) is 15.1. The van der Waals surface area contributed by atoms with Gasteiger partial charge in [-0.1, -0.05) is 42.5 Å². The largest absolute Gasteiger partial charge is 0.363 e. The van der Waals surface area contributed by atoms with Crippen LogP contribution in [0.15, 0.2) is 66.7 Å². The van der Waals surface area contributed by atoms with Gasteiger partial charge in [0.2, 0.25) is 5.91 Å². The maximum absolute atomic E-state index is 12.9. The Hall–Kier alpha value is -2.88. The highest BCUT2D eigenvalue weighted by atomic mass is 19.1. The van der Waals surface area contributed by atoms with E-state index in [1.54, 1.807) is 12.1 Å². The SMILES string of the molecule is C[C@H](C(=O)NCCc1ccc(F)cc1)N(C)c1ccc2ccccc2c1. The number of carbonyl (C=O) groups excluding carboxylic acids is 1. The van der Waals surface area contributed by atoms with Gasteiger partial charge < -0.3 is 10.2 Å². The molecule has 1 amide bonds. The summed E-state index contributed by atoms with van der Waals surface area (Å²) in [5.41, 5.74) is 2.01. The van der Waals surface area contributed by atoms with E-state index >= 15 is 0 Å². The van der Waals surface area contributed by atoms with Crippen LogP contribution < -0.4 is 10.2 Å². The van der Waals surface area contributed by atoms with Gasteiger partial charge in [0, 0.05) is 19.3 Å². The third-order valence-electron chi connectivity index (χ3n) is 4.73. The van der Waals surface area contributed by atoms with Crippen LogP contribution in [0, 0.1) is 5.82 Å². The number of nitrogens with zero attached hydrogens (tertiary/aromatic N) is 1. The van der Waals surface area contributed by atoms with Gasteiger partial charge in [-0.05, 0) is 53.9 Å². The molecular weight excluding hydrogens is 327 g/mol. The number of hydrogen-bond donors (Lipinski definition) is 1. The van der Waals surface area contributed by atoms with Crippen LogP contribution in [0.2, 0.25) is 0 Å². The molecule has 3 aromatic carbocycles. The molecule has 0 aliphatic heterocycles. The predicted octanol–water partition coefficient (Wildman–Crippen LogP) is 4.16. The summed E-state index contributed by atoms with van der Waals surface area (Å²) >= 11 is 0. The van der Waals surface area contributed by atoms with E-state index in [1.807, 2.05) is 37.1 Å². The summed E-state index contributed by atoms with van der Waals surface area (Å²) in [7, 11) is 1.92. The Morgan fingerprint density at radius 1 is 1.04 bits per heavy atom. The normalized spacial score (nSPS) is 12.0. The maximum atomic E-state index is 12.9. The van der Waals surface area contributed by atoms with Crippen molar-refractivity contribution in [3.05, 3.63) is 78.1 Å². The lowest BCUT2D eigenvalue weighted by atomic mass is 10.1. The van der Waals surface area contributed by atoms with Gasteiger partial charge in [-0.15, -0.1) is 0 Å². The molecular formula is C22H23FN2O. The molecule has 0 saturated carbocycles. The Labute approximate surface area is 153 Å². The van der Waals surface area contributed by atoms with E-state index in [0.717, 1.165) is 16.6 Å². The Bertz CT molecular complexity index is 892. The lowest BCUT2D eigenvalue weighted by Crippen LogP contribution is -2.44. The average Bonchev–Trinajstić information content (AvgIpc) is 2.68. The number of fused-ring (bicyclic) bond motifs is 1. The van der Waals surface area contributed by atoms with E-state index in [9.17, 15) is 9.18 Å². The topological polar surface area (TPSA) is 32.3 Å². The summed E-state index contributed by atoms with van der Waals surface area (Å²) in [6, 6.07) is 20.4. The van der Waals surface area contributed by atoms with E-state index < -0.39 is 0 Å². The average molecular weight is 350 g/mol. The van der Waals surface area contributed by atoms with Crippen molar-refractivity contribution >= 4 is 22.4 Å². The van der Waals surface area contributed by atoms with Crippen LogP contribution in [0.5, 0.6) is 0 Å². The molecule has 0 aliphatic carbocycles. The summed E-state index contributed by atoms with van der Waals surface area (Å²) < 4.78 is 12.9. The van der Waals surface area contributed by atoms with Crippen molar-refractivity contribution in [2.24, 2.45) is 0 Å². The quantitative estimate of drug-likeness (QED) is 0.724. The van der Waals surface area contributed by atoms with Crippen molar-refractivity contribution in [3.8, 4) is 0 Å². The first-order valence-electron chi connectivity index (χ1n) is 8.78.